The fraction of sp³-hybridized carbons (Fsp3) is 0.767. The molecule has 0 saturated carbocycles. The van der Waals surface area contributed by atoms with Crippen molar-refractivity contribution in [2.45, 2.75) is 130 Å². The first-order valence-electron chi connectivity index (χ1n) is 21.0. The summed E-state index contributed by atoms with van der Waals surface area (Å²) in [6.45, 7) is 17.6. The Morgan fingerprint density at radius 3 is 2.12 bits per heavy atom. The Hall–Kier alpha value is -2.79. The number of amides is 4. The maximum atomic E-state index is 14.4. The molecule has 0 aliphatic carbocycles. The van der Waals surface area contributed by atoms with Crippen LogP contribution in [-0.2, 0) is 37.6 Å². The van der Waals surface area contributed by atoms with Crippen molar-refractivity contribution in [3.05, 3.63) is 35.9 Å². The number of hydrogen-bond acceptors (Lipinski definition) is 11. The summed E-state index contributed by atoms with van der Waals surface area (Å²) in [5.41, 5.74) is 0.705. The van der Waals surface area contributed by atoms with Crippen LogP contribution in [0.1, 0.15) is 92.7 Å². The van der Waals surface area contributed by atoms with Crippen molar-refractivity contribution in [1.82, 2.24) is 25.3 Å². The number of rotatable bonds is 26. The third kappa shape index (κ3) is 14.4. The molecular weight excluding hydrogens is 763 g/mol. The summed E-state index contributed by atoms with van der Waals surface area (Å²) < 4.78 is 22.3. The van der Waals surface area contributed by atoms with Crippen molar-refractivity contribution in [2.24, 2.45) is 23.7 Å². The van der Waals surface area contributed by atoms with Crippen LogP contribution in [0.5, 0.6) is 0 Å². The zero-order chi connectivity index (χ0) is 43.7. The van der Waals surface area contributed by atoms with E-state index in [1.165, 1.54) is 0 Å². The number of likely N-dealkylation sites (N-methyl/N-ethyl adjacent to an activating group) is 2. The number of benzene rings is 1. The van der Waals surface area contributed by atoms with Gasteiger partial charge in [-0.05, 0) is 63.0 Å². The minimum Gasteiger partial charge on any atom is -0.386 e. The molecule has 0 spiro atoms. The van der Waals surface area contributed by atoms with Crippen LogP contribution in [0.15, 0.2) is 30.3 Å². The summed E-state index contributed by atoms with van der Waals surface area (Å²) in [6.07, 6.45) is 0.0208. The van der Waals surface area contributed by atoms with Crippen LogP contribution in [0.25, 0.3) is 0 Å². The molecular formula is C43H75N5O9S. The Labute approximate surface area is 354 Å². The fourth-order valence-electron chi connectivity index (χ4n) is 8.21. The van der Waals surface area contributed by atoms with Gasteiger partial charge in [-0.1, -0.05) is 85.2 Å². The first-order valence-corrected chi connectivity index (χ1v) is 21.3. The number of hydrogen-bond donors (Lipinski definition) is 4. The van der Waals surface area contributed by atoms with Crippen LogP contribution in [0, 0.1) is 23.7 Å². The number of carbonyl (C=O) groups is 4. The monoisotopic (exact) mass is 838 g/mol. The van der Waals surface area contributed by atoms with Crippen molar-refractivity contribution in [3.63, 3.8) is 0 Å². The molecule has 0 bridgehead atoms. The van der Waals surface area contributed by atoms with Crippen LogP contribution < -0.4 is 10.6 Å². The minimum absolute atomic E-state index is 0.0120. The second kappa shape index (κ2) is 25.7. The van der Waals surface area contributed by atoms with Gasteiger partial charge in [-0.3, -0.25) is 24.1 Å². The molecule has 0 aromatic heterocycles. The number of ether oxygens (including phenoxy) is 3. The fourth-order valence-corrected chi connectivity index (χ4v) is 8.28. The first-order chi connectivity index (χ1) is 27.5. The molecule has 332 valence electrons. The molecule has 4 amide bonds. The van der Waals surface area contributed by atoms with Crippen LogP contribution >= 0.6 is 12.9 Å². The van der Waals surface area contributed by atoms with E-state index in [2.05, 4.69) is 23.5 Å². The molecule has 10 atom stereocenters. The van der Waals surface area contributed by atoms with Crippen LogP contribution in [0.2, 0.25) is 0 Å². The Morgan fingerprint density at radius 2 is 1.57 bits per heavy atom. The quantitative estimate of drug-likeness (QED) is 0.0608. The molecule has 1 aromatic carbocycles. The normalized spacial score (nSPS) is 19.3. The molecule has 1 heterocycles. The largest absolute Gasteiger partial charge is 0.386 e. The molecule has 2 rings (SSSR count). The number of nitrogens with zero attached hydrogens (tertiary/aromatic N) is 3. The molecule has 15 heteroatoms. The smallest absolute Gasteiger partial charge is 0.245 e. The molecule has 0 unspecified atom stereocenters. The third-order valence-corrected chi connectivity index (χ3v) is 11.9. The molecule has 1 aromatic rings. The highest BCUT2D eigenvalue weighted by molar-refractivity contribution is 7.75. The van der Waals surface area contributed by atoms with Gasteiger partial charge in [0, 0.05) is 34.4 Å². The molecule has 0 radical (unpaired) electrons. The van der Waals surface area contributed by atoms with Gasteiger partial charge in [-0.2, -0.15) is 0 Å². The van der Waals surface area contributed by atoms with Gasteiger partial charge in [0.1, 0.15) is 6.04 Å². The standard InChI is InChI=1S/C43H75N5O9S/c1-13-29(6)38(47(10)43(53)36(27(2)3)45-42(52)37(28(4)5)46(9)22-23-56-24-25-57-58)34(54-11)26-35(49)48-21-17-20-33(48)40(55-12)30(7)41(51)44-31(8)39(50)32-18-15-14-16-19-32/h14-16,18-19,27-31,33-34,36-40,50,58H,13,17,20-26H2,1-12H3,(H,44,51)(H,45,52)/t29-,30+,31+,33-,34+,36-,37-,38-,39+,40+/m0/s1. The zero-order valence-electron chi connectivity index (χ0n) is 37.2. The number of carbonyl (C=O) groups excluding carboxylic acids is 4. The number of methoxy groups -OCH3 is 2. The summed E-state index contributed by atoms with van der Waals surface area (Å²) in [7, 11) is 6.71. The second-order valence-electron chi connectivity index (χ2n) is 16.6. The molecule has 1 saturated heterocycles. The van der Waals surface area contributed by atoms with Gasteiger partial charge in [-0.15, -0.1) is 0 Å². The van der Waals surface area contributed by atoms with Gasteiger partial charge < -0.3 is 43.9 Å². The van der Waals surface area contributed by atoms with Crippen molar-refractivity contribution < 1.29 is 42.7 Å². The van der Waals surface area contributed by atoms with E-state index in [9.17, 15) is 24.3 Å². The van der Waals surface area contributed by atoms with Crippen molar-refractivity contribution in [2.75, 3.05) is 61.2 Å². The lowest BCUT2D eigenvalue weighted by Crippen LogP contribution is -2.60. The van der Waals surface area contributed by atoms with Gasteiger partial charge in [0.25, 0.3) is 0 Å². The van der Waals surface area contributed by atoms with E-state index < -0.39 is 48.4 Å². The van der Waals surface area contributed by atoms with E-state index in [0.29, 0.717) is 44.9 Å². The average Bonchev–Trinajstić information content (AvgIpc) is 3.68. The van der Waals surface area contributed by atoms with Crippen LogP contribution in [-0.4, -0.2) is 147 Å². The molecule has 58 heavy (non-hydrogen) atoms. The Bertz CT molecular complexity index is 1390. The van der Waals surface area contributed by atoms with E-state index in [0.717, 1.165) is 12.8 Å². The maximum Gasteiger partial charge on any atom is 0.245 e. The van der Waals surface area contributed by atoms with Crippen LogP contribution in [0.4, 0.5) is 0 Å². The Kier molecular flexibility index (Phi) is 22.8. The predicted octanol–water partition coefficient (Wildman–Crippen LogP) is 4.12. The van der Waals surface area contributed by atoms with Gasteiger partial charge in [0.2, 0.25) is 23.6 Å². The maximum absolute atomic E-state index is 14.4. The van der Waals surface area contributed by atoms with Crippen molar-refractivity contribution in [1.29, 1.82) is 0 Å². The lowest BCUT2D eigenvalue weighted by Gasteiger charge is -2.41. The van der Waals surface area contributed by atoms with E-state index in [-0.39, 0.29) is 53.8 Å². The summed E-state index contributed by atoms with van der Waals surface area (Å²) >= 11 is 3.73. The van der Waals surface area contributed by atoms with E-state index in [1.807, 2.05) is 83.8 Å². The topological polar surface area (TPSA) is 159 Å². The number of thiol groups is 1. The number of nitrogens with one attached hydrogen (secondary N) is 2. The van der Waals surface area contributed by atoms with Crippen LogP contribution in [0.3, 0.4) is 0 Å². The van der Waals surface area contributed by atoms with Gasteiger partial charge in [0.05, 0.1) is 74.6 Å². The third-order valence-electron chi connectivity index (χ3n) is 11.8. The Morgan fingerprint density at radius 1 is 0.914 bits per heavy atom. The summed E-state index contributed by atoms with van der Waals surface area (Å²) in [5, 5.41) is 16.9. The summed E-state index contributed by atoms with van der Waals surface area (Å²) in [5.74, 6) is -1.84. The van der Waals surface area contributed by atoms with Crippen molar-refractivity contribution >= 4 is 36.5 Å². The average molecular weight is 838 g/mol. The molecule has 3 N–H and O–H groups in total. The first kappa shape index (κ1) is 51.4. The predicted molar refractivity (Wildman–Crippen MR) is 229 cm³/mol. The molecule has 1 fully saturated rings. The minimum atomic E-state index is -0.886. The summed E-state index contributed by atoms with van der Waals surface area (Å²) in [6, 6.07) is 6.48. The Balaban J connectivity index is 2.23. The van der Waals surface area contributed by atoms with Gasteiger partial charge in [0.15, 0.2) is 0 Å². The molecule has 1 aliphatic heterocycles. The van der Waals surface area contributed by atoms with Gasteiger partial charge >= 0.3 is 0 Å². The van der Waals surface area contributed by atoms with Gasteiger partial charge in [-0.25, -0.2) is 0 Å². The zero-order valence-corrected chi connectivity index (χ0v) is 38.1. The van der Waals surface area contributed by atoms with E-state index in [1.54, 1.807) is 44.9 Å². The lowest BCUT2D eigenvalue weighted by atomic mass is 9.89. The molecule has 1 aliphatic rings. The molecule has 14 nitrogen and oxygen atoms in total. The van der Waals surface area contributed by atoms with Crippen molar-refractivity contribution in [3.8, 4) is 0 Å². The highest BCUT2D eigenvalue weighted by Crippen LogP contribution is 2.30. The highest BCUT2D eigenvalue weighted by atomic mass is 32.1. The van der Waals surface area contributed by atoms with E-state index >= 15 is 0 Å². The van der Waals surface area contributed by atoms with E-state index in [4.69, 9.17) is 18.4 Å². The number of aliphatic hydroxyl groups is 1. The SMILES string of the molecule is CC[C@H](C)[C@@H]([C@@H](CC(=O)N1CCC[C@H]1[C@H](OC)[C@@H](C)C(=O)N[C@H](C)[C@@H](O)c1ccccc1)OC)N(C)C(=O)[C@@H](NC(=O)[C@H](C(C)C)N(C)CCOCCOS)C(C)C. The summed E-state index contributed by atoms with van der Waals surface area (Å²) in [4.78, 5) is 61.5. The second-order valence-corrected chi connectivity index (χ2v) is 16.8. The lowest BCUT2D eigenvalue weighted by molar-refractivity contribution is -0.148. The number of likely N-dealkylation sites (tertiary alicyclic amines) is 1. The number of aliphatic hydroxyl groups excluding tert-OH is 1. The highest BCUT2D eigenvalue weighted by Gasteiger charge is 2.43.